The number of carbonyl (C=O) groups is 1. The fourth-order valence-corrected chi connectivity index (χ4v) is 2.49. The van der Waals surface area contributed by atoms with Crippen molar-refractivity contribution in [1.29, 1.82) is 0 Å². The van der Waals surface area contributed by atoms with E-state index < -0.39 is 5.60 Å². The SMILES string of the molecule is CCC(NC1CC(NC(=O)OC(C)(C)C)C1)c1ncc[nH]1. The zero-order valence-corrected chi connectivity index (χ0v) is 13.3. The minimum absolute atomic E-state index is 0.200. The molecule has 1 aromatic rings. The molecule has 0 radical (unpaired) electrons. The Hall–Kier alpha value is -1.56. The maximum Gasteiger partial charge on any atom is 0.407 e. The first-order valence-corrected chi connectivity index (χ1v) is 7.62. The van der Waals surface area contributed by atoms with Crippen molar-refractivity contribution in [3.63, 3.8) is 0 Å². The zero-order chi connectivity index (χ0) is 15.5. The molecule has 21 heavy (non-hydrogen) atoms. The first-order valence-electron chi connectivity index (χ1n) is 7.62. The van der Waals surface area contributed by atoms with Gasteiger partial charge in [-0.05, 0) is 40.0 Å². The van der Waals surface area contributed by atoms with Crippen molar-refractivity contribution in [2.45, 2.75) is 70.7 Å². The Bertz CT molecular complexity index is 447. The summed E-state index contributed by atoms with van der Waals surface area (Å²) < 4.78 is 5.26. The third-order valence-electron chi connectivity index (χ3n) is 3.55. The molecule has 0 aromatic carbocycles. The van der Waals surface area contributed by atoms with Crippen LogP contribution in [-0.4, -0.2) is 33.7 Å². The molecule has 1 aliphatic carbocycles. The number of amides is 1. The normalized spacial score (nSPS) is 23.2. The molecule has 1 fully saturated rings. The van der Waals surface area contributed by atoms with Crippen LogP contribution in [0, 0.1) is 0 Å². The average Bonchev–Trinajstić information content (AvgIpc) is 2.83. The van der Waals surface area contributed by atoms with Gasteiger partial charge in [0.05, 0.1) is 6.04 Å². The Morgan fingerprint density at radius 3 is 2.71 bits per heavy atom. The van der Waals surface area contributed by atoms with E-state index in [0.29, 0.717) is 6.04 Å². The van der Waals surface area contributed by atoms with Crippen LogP contribution >= 0.6 is 0 Å². The molecule has 0 spiro atoms. The Morgan fingerprint density at radius 1 is 1.48 bits per heavy atom. The highest BCUT2D eigenvalue weighted by Crippen LogP contribution is 2.24. The molecule has 3 N–H and O–H groups in total. The monoisotopic (exact) mass is 294 g/mol. The molecular weight excluding hydrogens is 268 g/mol. The van der Waals surface area contributed by atoms with Crippen LogP contribution in [0.3, 0.4) is 0 Å². The van der Waals surface area contributed by atoms with Crippen molar-refractivity contribution in [2.24, 2.45) is 0 Å². The van der Waals surface area contributed by atoms with Crippen LogP contribution in [-0.2, 0) is 4.74 Å². The van der Waals surface area contributed by atoms with Crippen LogP contribution in [0.4, 0.5) is 4.79 Å². The summed E-state index contributed by atoms with van der Waals surface area (Å²) >= 11 is 0. The first-order chi connectivity index (χ1) is 9.87. The Kier molecular flexibility index (Phi) is 4.88. The van der Waals surface area contributed by atoms with Gasteiger partial charge >= 0.3 is 6.09 Å². The summed E-state index contributed by atoms with van der Waals surface area (Å²) in [5, 5.41) is 6.48. The zero-order valence-electron chi connectivity index (χ0n) is 13.3. The summed E-state index contributed by atoms with van der Waals surface area (Å²) in [6.07, 6.45) is 6.12. The molecular formula is C15H26N4O2. The van der Waals surface area contributed by atoms with Crippen LogP contribution < -0.4 is 10.6 Å². The number of nitrogens with one attached hydrogen (secondary N) is 3. The van der Waals surface area contributed by atoms with Gasteiger partial charge in [-0.1, -0.05) is 6.92 Å². The minimum atomic E-state index is -0.446. The molecule has 1 amide bonds. The molecule has 1 unspecified atom stereocenters. The average molecular weight is 294 g/mol. The second-order valence-electron chi connectivity index (χ2n) is 6.61. The van der Waals surface area contributed by atoms with Gasteiger partial charge in [0.2, 0.25) is 0 Å². The number of ether oxygens (including phenoxy) is 1. The highest BCUT2D eigenvalue weighted by molar-refractivity contribution is 5.68. The van der Waals surface area contributed by atoms with Crippen LogP contribution in [0.15, 0.2) is 12.4 Å². The highest BCUT2D eigenvalue weighted by atomic mass is 16.6. The van der Waals surface area contributed by atoms with E-state index in [0.717, 1.165) is 25.1 Å². The summed E-state index contributed by atoms with van der Waals surface area (Å²) in [6.45, 7) is 7.74. The lowest BCUT2D eigenvalue weighted by molar-refractivity contribution is 0.0462. The highest BCUT2D eigenvalue weighted by Gasteiger charge is 2.33. The molecule has 1 aliphatic rings. The van der Waals surface area contributed by atoms with E-state index in [-0.39, 0.29) is 18.2 Å². The number of carbonyl (C=O) groups excluding carboxylic acids is 1. The maximum absolute atomic E-state index is 11.7. The number of hydrogen-bond donors (Lipinski definition) is 3. The lowest BCUT2D eigenvalue weighted by Crippen LogP contribution is -2.53. The largest absolute Gasteiger partial charge is 0.444 e. The van der Waals surface area contributed by atoms with Crippen molar-refractivity contribution in [1.82, 2.24) is 20.6 Å². The third-order valence-corrected chi connectivity index (χ3v) is 3.55. The van der Waals surface area contributed by atoms with Gasteiger partial charge in [0.15, 0.2) is 0 Å². The summed E-state index contributed by atoms with van der Waals surface area (Å²) in [4.78, 5) is 19.1. The fourth-order valence-electron chi connectivity index (χ4n) is 2.49. The quantitative estimate of drug-likeness (QED) is 0.779. The summed E-state index contributed by atoms with van der Waals surface area (Å²) in [5.41, 5.74) is -0.446. The Labute approximate surface area is 126 Å². The van der Waals surface area contributed by atoms with E-state index in [1.807, 2.05) is 27.0 Å². The smallest absolute Gasteiger partial charge is 0.407 e. The van der Waals surface area contributed by atoms with Crippen molar-refractivity contribution in [3.05, 3.63) is 18.2 Å². The number of aromatic amines is 1. The van der Waals surface area contributed by atoms with Gasteiger partial charge in [-0.25, -0.2) is 9.78 Å². The Morgan fingerprint density at radius 2 is 2.19 bits per heavy atom. The Balaban J connectivity index is 1.70. The third kappa shape index (κ3) is 4.74. The van der Waals surface area contributed by atoms with Crippen LogP contribution in [0.5, 0.6) is 0 Å². The second-order valence-corrected chi connectivity index (χ2v) is 6.61. The molecule has 6 nitrogen and oxygen atoms in total. The van der Waals surface area contributed by atoms with Crippen molar-refractivity contribution < 1.29 is 9.53 Å². The lowest BCUT2D eigenvalue weighted by atomic mass is 9.86. The number of aromatic nitrogens is 2. The molecule has 118 valence electrons. The van der Waals surface area contributed by atoms with E-state index in [9.17, 15) is 4.79 Å². The van der Waals surface area contributed by atoms with Gasteiger partial charge in [-0.15, -0.1) is 0 Å². The number of hydrogen-bond acceptors (Lipinski definition) is 4. The number of nitrogens with zero attached hydrogens (tertiary/aromatic N) is 1. The van der Waals surface area contributed by atoms with Crippen molar-refractivity contribution >= 4 is 6.09 Å². The first kappa shape index (κ1) is 15.8. The van der Waals surface area contributed by atoms with Crippen LogP contribution in [0.25, 0.3) is 0 Å². The van der Waals surface area contributed by atoms with E-state index >= 15 is 0 Å². The van der Waals surface area contributed by atoms with E-state index in [2.05, 4.69) is 27.5 Å². The summed E-state index contributed by atoms with van der Waals surface area (Å²) in [7, 11) is 0. The number of rotatable bonds is 5. The van der Waals surface area contributed by atoms with Gasteiger partial charge in [-0.2, -0.15) is 0 Å². The molecule has 1 heterocycles. The van der Waals surface area contributed by atoms with E-state index in [1.165, 1.54) is 0 Å². The summed E-state index contributed by atoms with van der Waals surface area (Å²) in [5.74, 6) is 0.973. The van der Waals surface area contributed by atoms with Crippen LogP contribution in [0.1, 0.15) is 58.8 Å². The number of imidazole rings is 1. The van der Waals surface area contributed by atoms with E-state index in [1.54, 1.807) is 6.20 Å². The molecule has 1 saturated carbocycles. The summed E-state index contributed by atoms with van der Waals surface area (Å²) in [6, 6.07) is 0.860. The molecule has 0 saturated heterocycles. The predicted octanol–water partition coefficient (Wildman–Crippen LogP) is 2.51. The topological polar surface area (TPSA) is 79.0 Å². The van der Waals surface area contributed by atoms with Crippen LogP contribution in [0.2, 0.25) is 0 Å². The van der Waals surface area contributed by atoms with Crippen molar-refractivity contribution in [3.8, 4) is 0 Å². The van der Waals surface area contributed by atoms with Gasteiger partial charge < -0.3 is 20.4 Å². The van der Waals surface area contributed by atoms with Gasteiger partial charge in [0.1, 0.15) is 11.4 Å². The lowest BCUT2D eigenvalue weighted by Gasteiger charge is -2.38. The molecule has 2 rings (SSSR count). The molecule has 0 bridgehead atoms. The van der Waals surface area contributed by atoms with Gasteiger partial charge in [0, 0.05) is 24.5 Å². The number of H-pyrrole nitrogens is 1. The fraction of sp³-hybridized carbons (Fsp3) is 0.733. The molecule has 1 aromatic heterocycles. The molecule has 0 aliphatic heterocycles. The minimum Gasteiger partial charge on any atom is -0.444 e. The second kappa shape index (κ2) is 6.47. The van der Waals surface area contributed by atoms with E-state index in [4.69, 9.17) is 4.74 Å². The maximum atomic E-state index is 11.7. The number of alkyl carbamates (subject to hydrolysis) is 1. The predicted molar refractivity (Wildman–Crippen MR) is 80.9 cm³/mol. The van der Waals surface area contributed by atoms with Gasteiger partial charge in [0.25, 0.3) is 0 Å². The standard InChI is InChI=1S/C15H26N4O2/c1-5-12(13-16-6-7-17-13)18-10-8-11(9-10)19-14(20)21-15(2,3)4/h6-7,10-12,18H,5,8-9H2,1-4H3,(H,16,17)(H,19,20). The van der Waals surface area contributed by atoms with Gasteiger partial charge in [-0.3, -0.25) is 0 Å². The molecule has 1 atom stereocenters. The molecule has 6 heteroatoms. The van der Waals surface area contributed by atoms with Crippen molar-refractivity contribution in [2.75, 3.05) is 0 Å².